The fourth-order valence-corrected chi connectivity index (χ4v) is 1.39. The van der Waals surface area contributed by atoms with Crippen molar-refractivity contribution >= 4 is 35.4 Å². The van der Waals surface area contributed by atoms with Crippen LogP contribution in [0.3, 0.4) is 0 Å². The van der Waals surface area contributed by atoms with E-state index in [-0.39, 0.29) is 11.9 Å². The quantitative estimate of drug-likeness (QED) is 0.328. The van der Waals surface area contributed by atoms with Crippen LogP contribution in [0.5, 0.6) is 5.75 Å². The lowest BCUT2D eigenvalue weighted by atomic mass is 10.2. The summed E-state index contributed by atoms with van der Waals surface area (Å²) in [6, 6.07) is 6.82. The van der Waals surface area contributed by atoms with Crippen molar-refractivity contribution in [1.29, 1.82) is 0 Å². The van der Waals surface area contributed by atoms with Gasteiger partial charge in [-0.3, -0.25) is 0 Å². The van der Waals surface area contributed by atoms with Crippen molar-refractivity contribution in [2.45, 2.75) is 13.0 Å². The number of ether oxygens (including phenoxy) is 1. The van der Waals surface area contributed by atoms with E-state index in [9.17, 15) is 0 Å². The maximum Gasteiger partial charge on any atom is 0.211 e. The molecule has 0 aliphatic rings. The van der Waals surface area contributed by atoms with Crippen LogP contribution in [-0.2, 0) is 0 Å². The normalized spacial score (nSPS) is 12.7. The molecule has 0 heterocycles. The van der Waals surface area contributed by atoms with Crippen molar-refractivity contribution in [1.82, 2.24) is 0 Å². The molecule has 8 N–H and O–H groups in total. The number of nitrogens with zero attached hydrogens (tertiary/aromatic N) is 4. The Labute approximate surface area is 132 Å². The van der Waals surface area contributed by atoms with Crippen molar-refractivity contribution in [2.75, 3.05) is 0 Å². The Morgan fingerprint density at radius 2 is 1.64 bits per heavy atom. The molecular formula is C12H17ClN8O. The van der Waals surface area contributed by atoms with E-state index in [1.54, 1.807) is 31.2 Å². The van der Waals surface area contributed by atoms with Crippen LogP contribution in [0, 0.1) is 0 Å². The molecule has 1 aromatic carbocycles. The molecule has 0 amide bonds. The Kier molecular flexibility index (Phi) is 6.64. The predicted molar refractivity (Wildman–Crippen MR) is 89.1 cm³/mol. The number of guanidine groups is 2. The van der Waals surface area contributed by atoms with Crippen LogP contribution in [0.25, 0.3) is 0 Å². The summed E-state index contributed by atoms with van der Waals surface area (Å²) in [6.45, 7) is 1.73. The average molecular weight is 325 g/mol. The molecular weight excluding hydrogens is 308 g/mol. The summed E-state index contributed by atoms with van der Waals surface area (Å²) in [4.78, 5) is 0. The van der Waals surface area contributed by atoms with Crippen molar-refractivity contribution < 1.29 is 4.74 Å². The second-order valence-electron chi connectivity index (χ2n) is 4.03. The molecule has 9 nitrogen and oxygen atoms in total. The second-order valence-corrected chi connectivity index (χ2v) is 4.47. The fourth-order valence-electron chi connectivity index (χ4n) is 1.26. The Bertz CT molecular complexity index is 600. The zero-order chi connectivity index (χ0) is 16.5. The summed E-state index contributed by atoms with van der Waals surface area (Å²) < 4.78 is 5.68. The highest BCUT2D eigenvalue weighted by Crippen LogP contribution is 2.17. The van der Waals surface area contributed by atoms with Gasteiger partial charge < -0.3 is 27.7 Å². The molecule has 0 saturated carbocycles. The number of benzene rings is 1. The molecule has 1 aromatic rings. The first kappa shape index (κ1) is 17.2. The van der Waals surface area contributed by atoms with Crippen molar-refractivity contribution in [2.24, 2.45) is 43.3 Å². The third kappa shape index (κ3) is 6.57. The molecule has 22 heavy (non-hydrogen) atoms. The lowest BCUT2D eigenvalue weighted by Gasteiger charge is -2.13. The minimum atomic E-state index is -0.512. The van der Waals surface area contributed by atoms with Gasteiger partial charge in [0.25, 0.3) is 0 Å². The standard InChI is InChI=1S/C12H17ClN8O/c1-7(22-9-4-2-8(13)3-5-9)10(19-21-12(16)17)6-18-20-11(14)15/h2-7H,1H3,(H4,14,15,20)(H4,16,17,21)/b18-6+,19-10+. The maximum atomic E-state index is 5.81. The van der Waals surface area contributed by atoms with E-state index in [2.05, 4.69) is 20.4 Å². The van der Waals surface area contributed by atoms with Crippen LogP contribution in [-0.4, -0.2) is 29.9 Å². The average Bonchev–Trinajstić information content (AvgIpc) is 2.44. The van der Waals surface area contributed by atoms with Gasteiger partial charge in [-0.1, -0.05) is 11.6 Å². The lowest BCUT2D eigenvalue weighted by Crippen LogP contribution is -2.27. The van der Waals surface area contributed by atoms with Gasteiger partial charge in [-0.05, 0) is 31.2 Å². The summed E-state index contributed by atoms with van der Waals surface area (Å²) in [5.74, 6) is 0.194. The molecule has 0 saturated heterocycles. The number of nitrogens with two attached hydrogens (primary N) is 4. The molecule has 1 rings (SSSR count). The monoisotopic (exact) mass is 324 g/mol. The summed E-state index contributed by atoms with van der Waals surface area (Å²) in [7, 11) is 0. The van der Waals surface area contributed by atoms with Crippen LogP contribution >= 0.6 is 11.6 Å². The van der Waals surface area contributed by atoms with Crippen LogP contribution in [0.1, 0.15) is 6.92 Å². The summed E-state index contributed by atoms with van der Waals surface area (Å²) in [5.41, 5.74) is 21.1. The van der Waals surface area contributed by atoms with Gasteiger partial charge in [0, 0.05) is 5.02 Å². The Hall–Kier alpha value is -2.81. The Morgan fingerprint density at radius 1 is 1.05 bits per heavy atom. The summed E-state index contributed by atoms with van der Waals surface area (Å²) in [6.07, 6.45) is 0.773. The smallest absolute Gasteiger partial charge is 0.211 e. The molecule has 0 bridgehead atoms. The first-order valence-corrected chi connectivity index (χ1v) is 6.47. The number of halogens is 1. The third-order valence-corrected chi connectivity index (χ3v) is 2.44. The largest absolute Gasteiger partial charge is 0.484 e. The molecule has 0 fully saturated rings. The Balaban J connectivity index is 2.91. The van der Waals surface area contributed by atoms with Crippen LogP contribution in [0.4, 0.5) is 0 Å². The lowest BCUT2D eigenvalue weighted by molar-refractivity contribution is 0.289. The van der Waals surface area contributed by atoms with E-state index < -0.39 is 6.10 Å². The molecule has 1 atom stereocenters. The predicted octanol–water partition coefficient (Wildman–Crippen LogP) is -0.00410. The summed E-state index contributed by atoms with van der Waals surface area (Å²) in [5, 5.41) is 15.1. The molecule has 118 valence electrons. The first-order valence-electron chi connectivity index (χ1n) is 6.09. The Morgan fingerprint density at radius 3 is 2.18 bits per heavy atom. The van der Waals surface area contributed by atoms with Crippen molar-refractivity contribution in [3.8, 4) is 5.75 Å². The van der Waals surface area contributed by atoms with E-state index in [0.717, 1.165) is 0 Å². The zero-order valence-corrected chi connectivity index (χ0v) is 12.6. The first-order chi connectivity index (χ1) is 10.4. The molecule has 0 radical (unpaired) electrons. The van der Waals surface area contributed by atoms with Gasteiger partial charge in [0.15, 0.2) is 0 Å². The number of rotatable bonds is 6. The molecule has 0 aliphatic carbocycles. The second kappa shape index (κ2) is 8.47. The molecule has 0 aromatic heterocycles. The minimum Gasteiger partial charge on any atom is -0.484 e. The zero-order valence-electron chi connectivity index (χ0n) is 11.8. The summed E-state index contributed by atoms with van der Waals surface area (Å²) >= 11 is 5.81. The van der Waals surface area contributed by atoms with E-state index >= 15 is 0 Å². The van der Waals surface area contributed by atoms with E-state index in [1.165, 1.54) is 6.21 Å². The maximum absolute atomic E-state index is 5.81. The van der Waals surface area contributed by atoms with Crippen LogP contribution < -0.4 is 27.7 Å². The third-order valence-electron chi connectivity index (χ3n) is 2.19. The minimum absolute atomic E-state index is 0.191. The molecule has 10 heteroatoms. The van der Waals surface area contributed by atoms with Gasteiger partial charge >= 0.3 is 0 Å². The van der Waals surface area contributed by atoms with Gasteiger partial charge in [-0.15, -0.1) is 15.3 Å². The topological polar surface area (TPSA) is 163 Å². The van der Waals surface area contributed by atoms with Gasteiger partial charge in [0.1, 0.15) is 17.6 Å². The van der Waals surface area contributed by atoms with Gasteiger partial charge in [-0.25, -0.2) is 0 Å². The molecule has 1 unspecified atom stereocenters. The SMILES string of the molecule is CC(Oc1ccc(Cl)cc1)C(/C=N/N=C(N)N)=N/N=C(N)N. The molecule has 0 spiro atoms. The van der Waals surface area contributed by atoms with E-state index in [4.69, 9.17) is 39.3 Å². The van der Waals surface area contributed by atoms with E-state index in [0.29, 0.717) is 16.5 Å². The number of hydrogen-bond acceptors (Lipinski definition) is 5. The highest BCUT2D eigenvalue weighted by Gasteiger charge is 2.11. The fraction of sp³-hybridized carbons (Fsp3) is 0.167. The van der Waals surface area contributed by atoms with Crippen LogP contribution in [0.2, 0.25) is 5.02 Å². The highest BCUT2D eigenvalue weighted by molar-refractivity contribution is 6.32. The van der Waals surface area contributed by atoms with Crippen LogP contribution in [0.15, 0.2) is 44.7 Å². The van der Waals surface area contributed by atoms with Crippen molar-refractivity contribution in [3.63, 3.8) is 0 Å². The number of hydrogen-bond donors (Lipinski definition) is 4. The van der Waals surface area contributed by atoms with Crippen molar-refractivity contribution in [3.05, 3.63) is 29.3 Å². The van der Waals surface area contributed by atoms with Gasteiger partial charge in [-0.2, -0.15) is 5.10 Å². The van der Waals surface area contributed by atoms with Gasteiger partial charge in [0.2, 0.25) is 11.9 Å². The highest BCUT2D eigenvalue weighted by atomic mass is 35.5. The molecule has 0 aliphatic heterocycles. The van der Waals surface area contributed by atoms with Gasteiger partial charge in [0.05, 0.1) is 6.21 Å². The van der Waals surface area contributed by atoms with E-state index in [1.807, 2.05) is 0 Å².